The van der Waals surface area contributed by atoms with Gasteiger partial charge in [-0.25, -0.2) is 4.98 Å². The van der Waals surface area contributed by atoms with E-state index in [1.165, 1.54) is 12.1 Å². The van der Waals surface area contributed by atoms with Crippen molar-refractivity contribution in [2.24, 2.45) is 0 Å². The highest BCUT2D eigenvalue weighted by molar-refractivity contribution is 9.10. The summed E-state index contributed by atoms with van der Waals surface area (Å²) in [6.07, 6.45) is 0. The molecule has 4 nitrogen and oxygen atoms in total. The number of benzene rings is 2. The predicted molar refractivity (Wildman–Crippen MR) is 90.1 cm³/mol. The van der Waals surface area contributed by atoms with Gasteiger partial charge < -0.3 is 10.1 Å². The first-order valence-electron chi connectivity index (χ1n) is 6.40. The second kappa shape index (κ2) is 5.94. The van der Waals surface area contributed by atoms with E-state index in [-0.39, 0.29) is 11.3 Å². The van der Waals surface area contributed by atoms with Crippen molar-refractivity contribution in [3.63, 3.8) is 0 Å². The highest BCUT2D eigenvalue weighted by Gasteiger charge is 2.11. The maximum atomic E-state index is 11.9. The number of aromatic amines is 1. The van der Waals surface area contributed by atoms with Crippen molar-refractivity contribution in [3.05, 3.63) is 68.4 Å². The molecule has 2 N–H and O–H groups in total. The summed E-state index contributed by atoms with van der Waals surface area (Å²) < 4.78 is 0.779. The summed E-state index contributed by atoms with van der Waals surface area (Å²) in [5.74, 6) is 0.402. The summed E-state index contributed by atoms with van der Waals surface area (Å²) in [4.78, 5) is 19.0. The Bertz CT molecular complexity index is 909. The normalized spacial score (nSPS) is 10.6. The van der Waals surface area contributed by atoms with Crippen molar-refractivity contribution >= 4 is 27.5 Å². The highest BCUT2D eigenvalue weighted by Crippen LogP contribution is 2.31. The Hall–Kier alpha value is -2.11. The van der Waals surface area contributed by atoms with Crippen molar-refractivity contribution in [2.75, 3.05) is 0 Å². The van der Waals surface area contributed by atoms with Crippen LogP contribution in [0.25, 0.3) is 22.6 Å². The Kier molecular flexibility index (Phi) is 4.00. The van der Waals surface area contributed by atoms with E-state index < -0.39 is 0 Å². The van der Waals surface area contributed by atoms with Gasteiger partial charge in [0.25, 0.3) is 5.56 Å². The Morgan fingerprint density at radius 1 is 1.09 bits per heavy atom. The fourth-order valence-electron chi connectivity index (χ4n) is 2.09. The van der Waals surface area contributed by atoms with E-state index in [4.69, 9.17) is 11.6 Å². The van der Waals surface area contributed by atoms with Crippen LogP contribution < -0.4 is 5.56 Å². The molecule has 6 heteroatoms. The summed E-state index contributed by atoms with van der Waals surface area (Å²) in [7, 11) is 0. The first kappa shape index (κ1) is 14.8. The van der Waals surface area contributed by atoms with Crippen LogP contribution in [0.3, 0.4) is 0 Å². The van der Waals surface area contributed by atoms with Crippen LogP contribution in [-0.2, 0) is 0 Å². The molecule has 0 amide bonds. The lowest BCUT2D eigenvalue weighted by atomic mass is 10.1. The lowest BCUT2D eigenvalue weighted by Gasteiger charge is -2.08. The number of hydrogen-bond acceptors (Lipinski definition) is 3. The number of aromatic hydroxyl groups is 1. The number of H-pyrrole nitrogens is 1. The minimum Gasteiger partial charge on any atom is -0.507 e. The third-order valence-corrected chi connectivity index (χ3v) is 3.93. The number of rotatable bonds is 2. The molecule has 110 valence electrons. The van der Waals surface area contributed by atoms with Crippen molar-refractivity contribution in [3.8, 4) is 28.4 Å². The Morgan fingerprint density at radius 2 is 1.86 bits per heavy atom. The van der Waals surface area contributed by atoms with E-state index in [1.807, 2.05) is 6.07 Å². The van der Waals surface area contributed by atoms with Gasteiger partial charge in [0.1, 0.15) is 11.6 Å². The van der Waals surface area contributed by atoms with Crippen LogP contribution in [0, 0.1) is 0 Å². The molecule has 0 saturated carbocycles. The van der Waals surface area contributed by atoms with E-state index in [9.17, 15) is 9.90 Å². The van der Waals surface area contributed by atoms with Gasteiger partial charge in [-0.3, -0.25) is 4.79 Å². The summed E-state index contributed by atoms with van der Waals surface area (Å²) >= 11 is 9.49. The molecule has 0 radical (unpaired) electrons. The lowest BCUT2D eigenvalue weighted by Crippen LogP contribution is -2.08. The quantitative estimate of drug-likeness (QED) is 0.702. The van der Waals surface area contributed by atoms with E-state index in [2.05, 4.69) is 25.9 Å². The summed E-state index contributed by atoms with van der Waals surface area (Å²) in [6, 6.07) is 13.4. The standard InChI is InChI=1S/C16H10BrClN2O2/c17-9-5-6-14(21)11(7-9)13-8-15(22)20-16(19-13)10-3-1-2-4-12(10)18/h1-8,21H,(H,19,20,22). The Balaban J connectivity index is 2.22. The predicted octanol–water partition coefficient (Wildman–Crippen LogP) is 4.23. The summed E-state index contributed by atoms with van der Waals surface area (Å²) in [5.41, 5.74) is 1.14. The van der Waals surface area contributed by atoms with Crippen LogP contribution in [0.4, 0.5) is 0 Å². The van der Waals surface area contributed by atoms with Gasteiger partial charge in [0.15, 0.2) is 0 Å². The number of aromatic nitrogens is 2. The smallest absolute Gasteiger partial charge is 0.251 e. The topological polar surface area (TPSA) is 66.0 Å². The molecule has 22 heavy (non-hydrogen) atoms. The minimum absolute atomic E-state index is 0.0476. The zero-order chi connectivity index (χ0) is 15.7. The second-order valence-corrected chi connectivity index (χ2v) is 5.94. The van der Waals surface area contributed by atoms with Crippen molar-refractivity contribution in [1.29, 1.82) is 0 Å². The molecular formula is C16H10BrClN2O2. The van der Waals surface area contributed by atoms with Gasteiger partial charge in [-0.2, -0.15) is 0 Å². The zero-order valence-corrected chi connectivity index (χ0v) is 13.5. The number of phenols is 1. The minimum atomic E-state index is -0.320. The van der Waals surface area contributed by atoms with Gasteiger partial charge in [0.05, 0.1) is 10.7 Å². The van der Waals surface area contributed by atoms with Gasteiger partial charge in [0.2, 0.25) is 0 Å². The van der Waals surface area contributed by atoms with E-state index in [0.29, 0.717) is 27.7 Å². The Labute approximate surface area is 139 Å². The fraction of sp³-hybridized carbons (Fsp3) is 0. The number of halogens is 2. The van der Waals surface area contributed by atoms with Crippen LogP contribution in [0.15, 0.2) is 57.8 Å². The third kappa shape index (κ3) is 2.91. The number of nitrogens with one attached hydrogen (secondary N) is 1. The molecule has 1 heterocycles. The van der Waals surface area contributed by atoms with E-state index >= 15 is 0 Å². The third-order valence-electron chi connectivity index (χ3n) is 3.11. The average Bonchev–Trinajstić information content (AvgIpc) is 2.49. The molecule has 0 saturated heterocycles. The van der Waals surface area contributed by atoms with Gasteiger partial charge in [0, 0.05) is 21.7 Å². The zero-order valence-electron chi connectivity index (χ0n) is 11.2. The van der Waals surface area contributed by atoms with Crippen molar-refractivity contribution in [2.45, 2.75) is 0 Å². The average molecular weight is 378 g/mol. The van der Waals surface area contributed by atoms with Gasteiger partial charge in [-0.15, -0.1) is 0 Å². The van der Waals surface area contributed by atoms with Crippen LogP contribution in [-0.4, -0.2) is 15.1 Å². The van der Waals surface area contributed by atoms with Crippen LogP contribution in [0.2, 0.25) is 5.02 Å². The largest absolute Gasteiger partial charge is 0.507 e. The van der Waals surface area contributed by atoms with Crippen LogP contribution >= 0.6 is 27.5 Å². The SMILES string of the molecule is O=c1cc(-c2cc(Br)ccc2O)nc(-c2ccccc2Cl)[nH]1. The summed E-state index contributed by atoms with van der Waals surface area (Å²) in [6.45, 7) is 0. The van der Waals surface area contributed by atoms with Crippen LogP contribution in [0.1, 0.15) is 0 Å². The van der Waals surface area contributed by atoms with Gasteiger partial charge >= 0.3 is 0 Å². The van der Waals surface area contributed by atoms with E-state index in [0.717, 1.165) is 4.47 Å². The molecule has 0 atom stereocenters. The van der Waals surface area contributed by atoms with Crippen LogP contribution in [0.5, 0.6) is 5.75 Å². The first-order valence-corrected chi connectivity index (χ1v) is 7.57. The fourth-order valence-corrected chi connectivity index (χ4v) is 2.68. The van der Waals surface area contributed by atoms with Gasteiger partial charge in [-0.05, 0) is 30.3 Å². The first-order chi connectivity index (χ1) is 10.5. The summed E-state index contributed by atoms with van der Waals surface area (Å²) in [5, 5.41) is 10.5. The van der Waals surface area contributed by atoms with Crippen molar-refractivity contribution in [1.82, 2.24) is 9.97 Å². The highest BCUT2D eigenvalue weighted by atomic mass is 79.9. The molecule has 0 aliphatic carbocycles. The molecule has 0 aliphatic heterocycles. The molecule has 2 aromatic carbocycles. The number of nitrogens with zero attached hydrogens (tertiary/aromatic N) is 1. The monoisotopic (exact) mass is 376 g/mol. The number of phenolic OH excluding ortho intramolecular Hbond substituents is 1. The molecule has 0 unspecified atom stereocenters. The number of hydrogen-bond donors (Lipinski definition) is 2. The maximum Gasteiger partial charge on any atom is 0.251 e. The van der Waals surface area contributed by atoms with Gasteiger partial charge in [-0.1, -0.05) is 39.7 Å². The van der Waals surface area contributed by atoms with E-state index in [1.54, 1.807) is 30.3 Å². The molecular weight excluding hydrogens is 368 g/mol. The molecule has 0 fully saturated rings. The maximum absolute atomic E-state index is 11.9. The molecule has 1 aromatic heterocycles. The molecule has 0 bridgehead atoms. The molecule has 3 rings (SSSR count). The van der Waals surface area contributed by atoms with Crippen molar-refractivity contribution < 1.29 is 5.11 Å². The molecule has 3 aromatic rings. The lowest BCUT2D eigenvalue weighted by molar-refractivity contribution is 0.477. The second-order valence-electron chi connectivity index (χ2n) is 4.62. The molecule has 0 aliphatic rings. The molecule has 0 spiro atoms. The Morgan fingerprint density at radius 3 is 2.64 bits per heavy atom.